The van der Waals surface area contributed by atoms with Gasteiger partial charge in [0.2, 0.25) is 11.8 Å². The van der Waals surface area contributed by atoms with Crippen molar-refractivity contribution in [3.05, 3.63) is 131 Å². The molecule has 0 radical (unpaired) electrons. The second-order valence-electron chi connectivity index (χ2n) is 12.7. The molecule has 6 nitrogen and oxygen atoms in total. The maximum atomic E-state index is 13.1. The maximum Gasteiger partial charge on any atom is 0.227 e. The van der Waals surface area contributed by atoms with E-state index in [2.05, 4.69) is 79.5 Å². The molecule has 1 unspecified atom stereocenters. The van der Waals surface area contributed by atoms with Crippen LogP contribution in [0.2, 0.25) is 0 Å². The van der Waals surface area contributed by atoms with Crippen molar-refractivity contribution in [2.24, 2.45) is 5.92 Å². The number of hydrogen-bond donors (Lipinski definition) is 0. The first-order valence-electron chi connectivity index (χ1n) is 17.5. The molecule has 0 saturated carbocycles. The van der Waals surface area contributed by atoms with Gasteiger partial charge in [0.1, 0.15) is 10.0 Å². The number of allylic oxidation sites excluding steroid dienone is 4. The first-order chi connectivity index (χ1) is 24.5. The van der Waals surface area contributed by atoms with E-state index in [9.17, 15) is 9.59 Å². The fourth-order valence-electron chi connectivity index (χ4n) is 6.16. The Labute approximate surface area is 303 Å². The van der Waals surface area contributed by atoms with Gasteiger partial charge in [-0.3, -0.25) is 9.59 Å². The Morgan fingerprint density at radius 2 is 1.20 bits per heavy atom. The third-order valence-electron chi connectivity index (χ3n) is 8.83. The Bertz CT molecular complexity index is 1910. The molecule has 5 aromatic rings. The predicted molar refractivity (Wildman–Crippen MR) is 207 cm³/mol. The molecule has 0 bridgehead atoms. The second kappa shape index (κ2) is 17.3. The van der Waals surface area contributed by atoms with Gasteiger partial charge in [-0.2, -0.15) is 0 Å². The van der Waals surface area contributed by atoms with Crippen LogP contribution in [0.15, 0.2) is 116 Å². The summed E-state index contributed by atoms with van der Waals surface area (Å²) in [4.78, 5) is 41.7. The molecule has 2 aromatic heterocycles. The van der Waals surface area contributed by atoms with Crippen LogP contribution in [0.25, 0.3) is 32.0 Å². The molecule has 256 valence electrons. The minimum absolute atomic E-state index is 0.132. The minimum Gasteiger partial charge on any atom is -0.336 e. The van der Waals surface area contributed by atoms with E-state index in [0.29, 0.717) is 32.5 Å². The molecular formula is C42H44N4O2S2. The highest BCUT2D eigenvalue weighted by molar-refractivity contribution is 7.15. The maximum absolute atomic E-state index is 13.1. The summed E-state index contributed by atoms with van der Waals surface area (Å²) in [6.07, 6.45) is 15.9. The minimum atomic E-state index is 0.132. The average Bonchev–Trinajstić information content (AvgIpc) is 3.82. The summed E-state index contributed by atoms with van der Waals surface area (Å²) < 4.78 is 0. The zero-order valence-electron chi connectivity index (χ0n) is 28.8. The lowest BCUT2D eigenvalue weighted by atomic mass is 9.96. The lowest BCUT2D eigenvalue weighted by Gasteiger charge is -2.23. The normalized spacial score (nSPS) is 13.8. The van der Waals surface area contributed by atoms with Crippen LogP contribution in [-0.2, 0) is 29.1 Å². The Morgan fingerprint density at radius 1 is 0.680 bits per heavy atom. The summed E-state index contributed by atoms with van der Waals surface area (Å²) in [5.41, 5.74) is 5.57. The lowest BCUT2D eigenvalue weighted by Crippen LogP contribution is -2.32. The van der Waals surface area contributed by atoms with Gasteiger partial charge in [-0.1, -0.05) is 117 Å². The molecule has 0 spiro atoms. The summed E-state index contributed by atoms with van der Waals surface area (Å²) >= 11 is 3.30. The molecule has 1 aliphatic carbocycles. The van der Waals surface area contributed by atoms with E-state index < -0.39 is 0 Å². The standard InChI is InChI=1S/C42H44N4O2S2/c1-3-23-45(41(47)25-31-11-7-5-8-12-31)29-39-43-27-37(49-39)35-19-15-33(16-20-35)34-17-21-36(22-18-34)38-28-44-40(50-38)30-46(24-4-2)42(48)26-32-13-9-6-10-14-32/h5-13,15-22,27-28,32H,3-4,14,23-26,29-30H2,1-2H3. The smallest absolute Gasteiger partial charge is 0.227 e. The number of rotatable bonds is 15. The van der Waals surface area contributed by atoms with Crippen molar-refractivity contribution in [2.75, 3.05) is 13.1 Å². The van der Waals surface area contributed by atoms with Gasteiger partial charge in [-0.25, -0.2) is 9.97 Å². The molecule has 3 aromatic carbocycles. The van der Waals surface area contributed by atoms with Gasteiger partial charge in [0.05, 0.1) is 29.3 Å². The zero-order chi connectivity index (χ0) is 34.7. The molecule has 0 fully saturated rings. The first-order valence-corrected chi connectivity index (χ1v) is 19.2. The highest BCUT2D eigenvalue weighted by atomic mass is 32.1. The van der Waals surface area contributed by atoms with E-state index in [1.807, 2.05) is 64.7 Å². The fraction of sp³-hybridized carbons (Fsp3) is 0.286. The van der Waals surface area contributed by atoms with Crippen molar-refractivity contribution in [3.8, 4) is 32.0 Å². The largest absolute Gasteiger partial charge is 0.336 e. The number of thiazole rings is 2. The van der Waals surface area contributed by atoms with Gasteiger partial charge in [0, 0.05) is 31.9 Å². The van der Waals surface area contributed by atoms with Crippen LogP contribution in [0, 0.1) is 5.92 Å². The second-order valence-corrected chi connectivity index (χ2v) is 14.9. The van der Waals surface area contributed by atoms with E-state index in [4.69, 9.17) is 4.98 Å². The SMILES string of the molecule is CCCN(Cc1ncc(-c2ccc(-c3ccc(-c4cnc(CN(CCC)C(=O)CC5C=CC=CC5)s4)cc3)cc2)s1)C(=O)Cc1ccccc1. The van der Waals surface area contributed by atoms with E-state index in [1.165, 1.54) is 0 Å². The zero-order valence-corrected chi connectivity index (χ0v) is 30.5. The van der Waals surface area contributed by atoms with Crippen molar-refractivity contribution < 1.29 is 9.59 Å². The van der Waals surface area contributed by atoms with Crippen LogP contribution in [0.5, 0.6) is 0 Å². The van der Waals surface area contributed by atoms with Crippen LogP contribution in [0.3, 0.4) is 0 Å². The van der Waals surface area contributed by atoms with Crippen molar-refractivity contribution >= 4 is 34.5 Å². The highest BCUT2D eigenvalue weighted by Crippen LogP contribution is 2.32. The summed E-state index contributed by atoms with van der Waals surface area (Å²) in [6, 6.07) is 27.1. The van der Waals surface area contributed by atoms with Gasteiger partial charge < -0.3 is 9.80 Å². The lowest BCUT2D eigenvalue weighted by molar-refractivity contribution is -0.132. The number of amides is 2. The van der Waals surface area contributed by atoms with E-state index in [1.54, 1.807) is 22.7 Å². The number of aromatic nitrogens is 2. The van der Waals surface area contributed by atoms with Crippen LogP contribution in [0.4, 0.5) is 0 Å². The summed E-state index contributed by atoms with van der Waals surface area (Å²) in [6.45, 7) is 6.75. The molecule has 0 aliphatic heterocycles. The first kappa shape index (κ1) is 35.2. The van der Waals surface area contributed by atoms with Gasteiger partial charge >= 0.3 is 0 Å². The number of hydrogen-bond acceptors (Lipinski definition) is 6. The van der Waals surface area contributed by atoms with E-state index in [0.717, 1.165) is 73.4 Å². The van der Waals surface area contributed by atoms with Crippen LogP contribution >= 0.6 is 22.7 Å². The van der Waals surface area contributed by atoms with Crippen molar-refractivity contribution in [3.63, 3.8) is 0 Å². The molecule has 2 heterocycles. The molecule has 0 N–H and O–H groups in total. The third kappa shape index (κ3) is 9.31. The van der Waals surface area contributed by atoms with Gasteiger partial charge in [-0.05, 0) is 53.0 Å². The van der Waals surface area contributed by atoms with Crippen LogP contribution in [0.1, 0.15) is 55.1 Å². The van der Waals surface area contributed by atoms with Crippen molar-refractivity contribution in [1.82, 2.24) is 19.8 Å². The number of carbonyl (C=O) groups excluding carboxylic acids is 2. The summed E-state index contributed by atoms with van der Waals surface area (Å²) in [5.74, 6) is 0.612. The molecular weight excluding hydrogens is 657 g/mol. The third-order valence-corrected chi connectivity index (χ3v) is 10.9. The van der Waals surface area contributed by atoms with Gasteiger partial charge in [0.15, 0.2) is 0 Å². The quantitative estimate of drug-likeness (QED) is 0.109. The Balaban J connectivity index is 1.06. The van der Waals surface area contributed by atoms with Crippen molar-refractivity contribution in [2.45, 2.75) is 59.0 Å². The fourth-order valence-corrected chi connectivity index (χ4v) is 8.03. The van der Waals surface area contributed by atoms with Crippen LogP contribution in [-0.4, -0.2) is 44.7 Å². The molecule has 1 atom stereocenters. The average molecular weight is 701 g/mol. The molecule has 0 saturated heterocycles. The number of benzene rings is 3. The molecule has 8 heteroatoms. The predicted octanol–water partition coefficient (Wildman–Crippen LogP) is 9.84. The summed E-state index contributed by atoms with van der Waals surface area (Å²) in [5, 5.41) is 1.91. The topological polar surface area (TPSA) is 66.4 Å². The Kier molecular flexibility index (Phi) is 12.2. The highest BCUT2D eigenvalue weighted by Gasteiger charge is 2.20. The van der Waals surface area contributed by atoms with Gasteiger partial charge in [0.25, 0.3) is 0 Å². The van der Waals surface area contributed by atoms with Crippen molar-refractivity contribution in [1.29, 1.82) is 0 Å². The van der Waals surface area contributed by atoms with Gasteiger partial charge in [-0.15, -0.1) is 22.7 Å². The number of nitrogens with zero attached hydrogens (tertiary/aromatic N) is 4. The molecule has 50 heavy (non-hydrogen) atoms. The van der Waals surface area contributed by atoms with E-state index in [-0.39, 0.29) is 17.7 Å². The Hall–Kier alpha value is -4.66. The monoisotopic (exact) mass is 700 g/mol. The molecule has 6 rings (SSSR count). The van der Waals surface area contributed by atoms with E-state index >= 15 is 0 Å². The number of carbonyl (C=O) groups is 2. The molecule has 2 amide bonds. The Morgan fingerprint density at radius 3 is 1.70 bits per heavy atom. The molecule has 1 aliphatic rings. The van der Waals surface area contributed by atoms with Crippen LogP contribution < -0.4 is 0 Å². The summed E-state index contributed by atoms with van der Waals surface area (Å²) in [7, 11) is 0.